The minimum atomic E-state index is -0.108. The van der Waals surface area contributed by atoms with E-state index >= 15 is 0 Å². The number of amides is 1. The largest absolute Gasteiger partial charge is 0.349 e. The molecule has 0 unspecified atom stereocenters. The Labute approximate surface area is 135 Å². The van der Waals surface area contributed by atoms with Crippen molar-refractivity contribution in [2.24, 2.45) is 0 Å². The predicted octanol–water partition coefficient (Wildman–Crippen LogP) is 3.23. The Morgan fingerprint density at radius 2 is 2.04 bits per heavy atom. The maximum Gasteiger partial charge on any atom is 0.254 e. The highest BCUT2D eigenvalue weighted by molar-refractivity contribution is 5.95. The van der Waals surface area contributed by atoms with Crippen LogP contribution in [0.1, 0.15) is 36.3 Å². The van der Waals surface area contributed by atoms with E-state index in [1.807, 2.05) is 57.2 Å². The molecule has 0 spiro atoms. The van der Waals surface area contributed by atoms with Gasteiger partial charge in [-0.15, -0.1) is 0 Å². The lowest BCUT2D eigenvalue weighted by Gasteiger charge is -2.12. The van der Waals surface area contributed by atoms with Gasteiger partial charge in [0.1, 0.15) is 0 Å². The van der Waals surface area contributed by atoms with E-state index in [2.05, 4.69) is 15.4 Å². The molecule has 118 valence electrons. The van der Waals surface area contributed by atoms with Crippen LogP contribution >= 0.6 is 0 Å². The Hall–Kier alpha value is -2.69. The molecule has 3 aromatic rings. The van der Waals surface area contributed by atoms with Crippen molar-refractivity contribution in [2.45, 2.75) is 33.2 Å². The number of carbonyl (C=O) groups is 1. The van der Waals surface area contributed by atoms with Crippen molar-refractivity contribution in [1.82, 2.24) is 19.9 Å². The summed E-state index contributed by atoms with van der Waals surface area (Å²) in [4.78, 5) is 16.7. The number of carbonyl (C=O) groups excluding carboxylic acids is 1. The van der Waals surface area contributed by atoms with E-state index in [1.165, 1.54) is 0 Å². The SMILES string of the molecule is CC[C@H](C)NC(=O)c1cnc2cc(-c3ccccc3)nn2c1C. The zero-order valence-electron chi connectivity index (χ0n) is 13.6. The van der Waals surface area contributed by atoms with E-state index in [4.69, 9.17) is 0 Å². The van der Waals surface area contributed by atoms with E-state index in [1.54, 1.807) is 10.7 Å². The normalized spacial score (nSPS) is 12.3. The lowest BCUT2D eigenvalue weighted by Crippen LogP contribution is -2.32. The third-order valence-electron chi connectivity index (χ3n) is 4.03. The highest BCUT2D eigenvalue weighted by Crippen LogP contribution is 2.20. The number of hydrogen-bond acceptors (Lipinski definition) is 3. The third kappa shape index (κ3) is 2.95. The highest BCUT2D eigenvalue weighted by atomic mass is 16.1. The summed E-state index contributed by atoms with van der Waals surface area (Å²) in [6, 6.07) is 12.0. The lowest BCUT2D eigenvalue weighted by molar-refractivity contribution is 0.0937. The van der Waals surface area contributed by atoms with Gasteiger partial charge in [0.2, 0.25) is 0 Å². The number of nitrogens with one attached hydrogen (secondary N) is 1. The summed E-state index contributed by atoms with van der Waals surface area (Å²) in [5.74, 6) is -0.108. The molecule has 0 radical (unpaired) electrons. The van der Waals surface area contributed by atoms with Crippen molar-refractivity contribution in [3.63, 3.8) is 0 Å². The van der Waals surface area contributed by atoms with Gasteiger partial charge in [-0.25, -0.2) is 9.50 Å². The molecule has 1 aromatic carbocycles. The second-order valence-electron chi connectivity index (χ2n) is 5.71. The Kier molecular flexibility index (Phi) is 4.10. The molecule has 0 saturated carbocycles. The van der Waals surface area contributed by atoms with Gasteiger partial charge in [0.15, 0.2) is 5.65 Å². The number of benzene rings is 1. The summed E-state index contributed by atoms with van der Waals surface area (Å²) in [5, 5.41) is 7.57. The van der Waals surface area contributed by atoms with Crippen LogP contribution in [-0.2, 0) is 0 Å². The van der Waals surface area contributed by atoms with Crippen LogP contribution in [0.15, 0.2) is 42.6 Å². The molecule has 0 aliphatic carbocycles. The number of rotatable bonds is 4. The van der Waals surface area contributed by atoms with Crippen molar-refractivity contribution in [3.8, 4) is 11.3 Å². The molecule has 0 fully saturated rings. The molecule has 2 heterocycles. The maximum atomic E-state index is 12.4. The highest BCUT2D eigenvalue weighted by Gasteiger charge is 2.16. The standard InChI is InChI=1S/C18H20N4O/c1-4-12(2)20-18(23)15-11-19-17-10-16(21-22(17)13(15)3)14-8-6-5-7-9-14/h5-12H,4H2,1-3H3,(H,20,23)/t12-/m0/s1. The van der Waals surface area contributed by atoms with E-state index in [0.29, 0.717) is 5.56 Å². The number of fused-ring (bicyclic) bond motifs is 1. The first-order valence-corrected chi connectivity index (χ1v) is 7.81. The van der Waals surface area contributed by atoms with E-state index in [9.17, 15) is 4.79 Å². The Morgan fingerprint density at radius 3 is 2.74 bits per heavy atom. The molecule has 0 aliphatic heterocycles. The Balaban J connectivity index is 2.01. The monoisotopic (exact) mass is 308 g/mol. The van der Waals surface area contributed by atoms with Gasteiger partial charge in [0.05, 0.1) is 17.0 Å². The Bertz CT molecular complexity index is 839. The fourth-order valence-corrected chi connectivity index (χ4v) is 2.42. The zero-order chi connectivity index (χ0) is 16.4. The summed E-state index contributed by atoms with van der Waals surface area (Å²) >= 11 is 0. The van der Waals surface area contributed by atoms with Gasteiger partial charge in [-0.1, -0.05) is 37.3 Å². The summed E-state index contributed by atoms with van der Waals surface area (Å²) in [6.07, 6.45) is 2.51. The molecule has 0 aliphatic rings. The fourth-order valence-electron chi connectivity index (χ4n) is 2.42. The molecule has 0 bridgehead atoms. The smallest absolute Gasteiger partial charge is 0.254 e. The van der Waals surface area contributed by atoms with Crippen LogP contribution in [-0.4, -0.2) is 26.5 Å². The minimum absolute atomic E-state index is 0.108. The van der Waals surface area contributed by atoms with Crippen LogP contribution in [0.2, 0.25) is 0 Å². The van der Waals surface area contributed by atoms with Crippen LogP contribution in [0.4, 0.5) is 0 Å². The van der Waals surface area contributed by atoms with Crippen LogP contribution in [0.5, 0.6) is 0 Å². The molecule has 5 heteroatoms. The van der Waals surface area contributed by atoms with Gasteiger partial charge in [-0.3, -0.25) is 4.79 Å². The van der Waals surface area contributed by atoms with Gasteiger partial charge in [0.25, 0.3) is 5.91 Å². The van der Waals surface area contributed by atoms with Crippen LogP contribution < -0.4 is 5.32 Å². The summed E-state index contributed by atoms with van der Waals surface area (Å²) in [6.45, 7) is 5.92. The molecular weight excluding hydrogens is 288 g/mol. The van der Waals surface area contributed by atoms with Gasteiger partial charge in [-0.2, -0.15) is 5.10 Å². The minimum Gasteiger partial charge on any atom is -0.349 e. The second kappa shape index (κ2) is 6.20. The van der Waals surface area contributed by atoms with Crippen LogP contribution in [0.3, 0.4) is 0 Å². The van der Waals surface area contributed by atoms with Gasteiger partial charge < -0.3 is 5.32 Å². The number of aryl methyl sites for hydroxylation is 1. The first-order chi connectivity index (χ1) is 11.1. The number of hydrogen-bond donors (Lipinski definition) is 1. The van der Waals surface area contributed by atoms with Crippen LogP contribution in [0.25, 0.3) is 16.9 Å². The predicted molar refractivity (Wildman–Crippen MR) is 90.4 cm³/mol. The van der Waals surface area contributed by atoms with Crippen molar-refractivity contribution in [3.05, 3.63) is 53.9 Å². The molecular formula is C18H20N4O. The second-order valence-corrected chi connectivity index (χ2v) is 5.71. The first kappa shape index (κ1) is 15.2. The summed E-state index contributed by atoms with van der Waals surface area (Å²) in [7, 11) is 0. The maximum absolute atomic E-state index is 12.4. The number of nitrogens with zero attached hydrogens (tertiary/aromatic N) is 3. The van der Waals surface area contributed by atoms with Gasteiger partial charge >= 0.3 is 0 Å². The quantitative estimate of drug-likeness (QED) is 0.805. The molecule has 1 amide bonds. The number of aromatic nitrogens is 3. The van der Waals surface area contributed by atoms with Crippen molar-refractivity contribution in [2.75, 3.05) is 0 Å². The zero-order valence-corrected chi connectivity index (χ0v) is 13.6. The molecule has 2 aromatic heterocycles. The lowest BCUT2D eigenvalue weighted by atomic mass is 10.2. The molecule has 0 saturated heterocycles. The fraction of sp³-hybridized carbons (Fsp3) is 0.278. The summed E-state index contributed by atoms with van der Waals surface area (Å²) in [5.41, 5.74) is 3.96. The van der Waals surface area contributed by atoms with Gasteiger partial charge in [-0.05, 0) is 20.3 Å². The summed E-state index contributed by atoms with van der Waals surface area (Å²) < 4.78 is 1.73. The van der Waals surface area contributed by atoms with Crippen molar-refractivity contribution in [1.29, 1.82) is 0 Å². The molecule has 1 N–H and O–H groups in total. The van der Waals surface area contributed by atoms with Crippen LogP contribution in [0, 0.1) is 6.92 Å². The van der Waals surface area contributed by atoms with Crippen molar-refractivity contribution >= 4 is 11.6 Å². The van der Waals surface area contributed by atoms with Crippen molar-refractivity contribution < 1.29 is 4.79 Å². The topological polar surface area (TPSA) is 59.3 Å². The van der Waals surface area contributed by atoms with Gasteiger partial charge in [0, 0.05) is 23.9 Å². The Morgan fingerprint density at radius 1 is 1.30 bits per heavy atom. The average molecular weight is 308 g/mol. The third-order valence-corrected chi connectivity index (χ3v) is 4.03. The van der Waals surface area contributed by atoms with E-state index in [0.717, 1.165) is 29.0 Å². The molecule has 3 rings (SSSR count). The molecule has 1 atom stereocenters. The molecule has 5 nitrogen and oxygen atoms in total. The van der Waals surface area contributed by atoms with E-state index < -0.39 is 0 Å². The average Bonchev–Trinajstić information content (AvgIpc) is 3.01. The van der Waals surface area contributed by atoms with E-state index in [-0.39, 0.29) is 11.9 Å². The first-order valence-electron chi connectivity index (χ1n) is 7.81. The molecule has 23 heavy (non-hydrogen) atoms.